The highest BCUT2D eigenvalue weighted by Gasteiger charge is 2.03. The monoisotopic (exact) mass is 384 g/mol. The van der Waals surface area contributed by atoms with Gasteiger partial charge < -0.3 is 9.73 Å². The van der Waals surface area contributed by atoms with Gasteiger partial charge in [0.1, 0.15) is 5.76 Å². The summed E-state index contributed by atoms with van der Waals surface area (Å²) in [7, 11) is 0. The Morgan fingerprint density at radius 3 is 2.53 bits per heavy atom. The number of halogens is 2. The zero-order valence-corrected chi connectivity index (χ0v) is 13.2. The number of benzene rings is 1. The van der Waals surface area contributed by atoms with E-state index in [1.807, 2.05) is 18.2 Å². The van der Waals surface area contributed by atoms with E-state index in [4.69, 9.17) is 4.42 Å². The van der Waals surface area contributed by atoms with Crippen LogP contribution in [0.5, 0.6) is 0 Å². The van der Waals surface area contributed by atoms with Crippen LogP contribution in [0.3, 0.4) is 0 Å². The van der Waals surface area contributed by atoms with Crippen LogP contribution in [0.4, 0.5) is 11.4 Å². The van der Waals surface area contributed by atoms with Crippen LogP contribution in [-0.2, 0) is 4.79 Å². The molecule has 0 bridgehead atoms. The van der Waals surface area contributed by atoms with E-state index in [0.717, 1.165) is 15.8 Å². The lowest BCUT2D eigenvalue weighted by atomic mass is 10.3. The number of hydrogen-bond acceptors (Lipinski definition) is 3. The van der Waals surface area contributed by atoms with Crippen LogP contribution in [0.25, 0.3) is 0 Å². The topological polar surface area (TPSA) is 54.6 Å². The Bertz CT molecular complexity index is 599. The molecule has 0 aliphatic rings. The van der Waals surface area contributed by atoms with Crippen molar-refractivity contribution in [3.63, 3.8) is 0 Å². The predicted molar refractivity (Wildman–Crippen MR) is 82.1 cm³/mol. The van der Waals surface area contributed by atoms with Gasteiger partial charge in [0.25, 0.3) is 0 Å². The van der Waals surface area contributed by atoms with Crippen molar-refractivity contribution in [3.8, 4) is 0 Å². The van der Waals surface area contributed by atoms with Crippen molar-refractivity contribution in [1.82, 2.24) is 0 Å². The van der Waals surface area contributed by atoms with Gasteiger partial charge in [-0.25, -0.2) is 0 Å². The zero-order valence-electron chi connectivity index (χ0n) is 9.98. The number of nitrogens with one attached hydrogen (secondary N) is 1. The molecule has 19 heavy (non-hydrogen) atoms. The van der Waals surface area contributed by atoms with Gasteiger partial charge in [0.15, 0.2) is 4.67 Å². The molecule has 0 aliphatic carbocycles. The van der Waals surface area contributed by atoms with E-state index in [-0.39, 0.29) is 5.91 Å². The molecule has 4 nitrogen and oxygen atoms in total. The molecule has 0 aliphatic heterocycles. The zero-order chi connectivity index (χ0) is 13.8. The van der Waals surface area contributed by atoms with Gasteiger partial charge >= 0.3 is 0 Å². The Morgan fingerprint density at radius 2 is 2.00 bits per heavy atom. The van der Waals surface area contributed by atoms with Gasteiger partial charge in [-0.1, -0.05) is 0 Å². The molecule has 1 aromatic carbocycles. The van der Waals surface area contributed by atoms with Crippen molar-refractivity contribution in [2.75, 3.05) is 5.32 Å². The maximum Gasteiger partial charge on any atom is 0.221 e. The largest absolute Gasteiger partial charge is 0.447 e. The van der Waals surface area contributed by atoms with Gasteiger partial charge in [-0.05, 0) is 56.1 Å². The molecule has 6 heteroatoms. The lowest BCUT2D eigenvalue weighted by molar-refractivity contribution is -0.114. The fourth-order valence-electron chi connectivity index (χ4n) is 1.40. The Kier molecular flexibility index (Phi) is 4.55. The van der Waals surface area contributed by atoms with Crippen molar-refractivity contribution in [2.24, 2.45) is 4.99 Å². The first kappa shape index (κ1) is 14.0. The van der Waals surface area contributed by atoms with Gasteiger partial charge in [0.05, 0.1) is 16.4 Å². The molecule has 0 spiro atoms. The number of nitrogens with zero attached hydrogens (tertiary/aromatic N) is 1. The van der Waals surface area contributed by atoms with Crippen molar-refractivity contribution < 1.29 is 9.21 Å². The molecule has 2 aromatic rings. The summed E-state index contributed by atoms with van der Waals surface area (Å²) in [6.07, 6.45) is 1.63. The molecule has 1 heterocycles. The highest BCUT2D eigenvalue weighted by atomic mass is 79.9. The Labute approximate surface area is 127 Å². The van der Waals surface area contributed by atoms with E-state index in [0.29, 0.717) is 10.4 Å². The molecule has 0 saturated heterocycles. The molecular weight excluding hydrogens is 376 g/mol. The van der Waals surface area contributed by atoms with Crippen molar-refractivity contribution in [1.29, 1.82) is 0 Å². The first-order chi connectivity index (χ1) is 9.04. The Balaban J connectivity index is 2.08. The van der Waals surface area contributed by atoms with E-state index in [1.165, 1.54) is 6.92 Å². The van der Waals surface area contributed by atoms with E-state index in [1.54, 1.807) is 18.3 Å². The standard InChI is InChI=1S/C13H10Br2N2O2/c1-8(18)17-10-4-2-9(3-5-10)16-7-11-6-12(14)13(15)19-11/h2-7H,1H3,(H,17,18). The lowest BCUT2D eigenvalue weighted by Crippen LogP contribution is -2.04. The van der Waals surface area contributed by atoms with Gasteiger partial charge in [-0.3, -0.25) is 9.79 Å². The van der Waals surface area contributed by atoms with Crippen LogP contribution in [-0.4, -0.2) is 12.1 Å². The van der Waals surface area contributed by atoms with Gasteiger partial charge in [0, 0.05) is 18.7 Å². The number of hydrogen-bond donors (Lipinski definition) is 1. The normalized spacial score (nSPS) is 10.9. The number of amides is 1. The van der Waals surface area contributed by atoms with Crippen molar-refractivity contribution in [3.05, 3.63) is 45.2 Å². The fourth-order valence-corrected chi connectivity index (χ4v) is 2.01. The Morgan fingerprint density at radius 1 is 1.32 bits per heavy atom. The molecule has 1 amide bonds. The second-order valence-electron chi connectivity index (χ2n) is 3.76. The maximum absolute atomic E-state index is 10.9. The van der Waals surface area contributed by atoms with Crippen LogP contribution in [0, 0.1) is 0 Å². The fraction of sp³-hybridized carbons (Fsp3) is 0.0769. The first-order valence-corrected chi connectivity index (χ1v) is 7.00. The number of anilines is 1. The summed E-state index contributed by atoms with van der Waals surface area (Å²) >= 11 is 6.59. The lowest BCUT2D eigenvalue weighted by Gasteiger charge is -2.01. The summed E-state index contributed by atoms with van der Waals surface area (Å²) in [5.41, 5.74) is 1.52. The third-order valence-corrected chi connectivity index (χ3v) is 3.90. The second kappa shape index (κ2) is 6.16. The van der Waals surface area contributed by atoms with Gasteiger partial charge in [-0.2, -0.15) is 0 Å². The van der Waals surface area contributed by atoms with E-state index in [9.17, 15) is 4.79 Å². The number of carbonyl (C=O) groups is 1. The quantitative estimate of drug-likeness (QED) is 0.790. The predicted octanol–water partition coefficient (Wildman–Crippen LogP) is 4.51. The molecule has 1 N–H and O–H groups in total. The molecule has 2 rings (SSSR count). The minimum Gasteiger partial charge on any atom is -0.447 e. The van der Waals surface area contributed by atoms with Crippen LogP contribution in [0.2, 0.25) is 0 Å². The van der Waals surface area contributed by atoms with Crippen LogP contribution >= 0.6 is 31.9 Å². The first-order valence-electron chi connectivity index (χ1n) is 5.41. The van der Waals surface area contributed by atoms with Crippen LogP contribution in [0.1, 0.15) is 12.7 Å². The molecule has 0 saturated carbocycles. The molecule has 0 unspecified atom stereocenters. The molecule has 0 atom stereocenters. The third kappa shape index (κ3) is 4.04. The molecule has 98 valence electrons. The maximum atomic E-state index is 10.9. The molecular formula is C13H10Br2N2O2. The summed E-state index contributed by atoms with van der Waals surface area (Å²) in [5.74, 6) is 0.547. The SMILES string of the molecule is CC(=O)Nc1ccc(N=Cc2cc(Br)c(Br)o2)cc1. The van der Waals surface area contributed by atoms with Gasteiger partial charge in [0.2, 0.25) is 5.91 Å². The average Bonchev–Trinajstić information content (AvgIpc) is 2.67. The number of furan rings is 1. The smallest absolute Gasteiger partial charge is 0.221 e. The highest BCUT2D eigenvalue weighted by Crippen LogP contribution is 2.26. The average molecular weight is 386 g/mol. The summed E-state index contributed by atoms with van der Waals surface area (Å²) in [6, 6.07) is 9.03. The van der Waals surface area contributed by atoms with Crippen molar-refractivity contribution >= 4 is 55.4 Å². The van der Waals surface area contributed by atoms with Crippen LogP contribution < -0.4 is 5.32 Å². The number of aliphatic imine (C=N–C) groups is 1. The molecule has 0 fully saturated rings. The minimum absolute atomic E-state index is 0.0958. The summed E-state index contributed by atoms with van der Waals surface area (Å²) in [4.78, 5) is 15.2. The Hall–Kier alpha value is -1.40. The summed E-state index contributed by atoms with van der Waals surface area (Å²) in [6.45, 7) is 1.47. The number of rotatable bonds is 3. The second-order valence-corrected chi connectivity index (χ2v) is 5.33. The third-order valence-electron chi connectivity index (χ3n) is 2.19. The summed E-state index contributed by atoms with van der Waals surface area (Å²) < 4.78 is 6.85. The van der Waals surface area contributed by atoms with E-state index < -0.39 is 0 Å². The van der Waals surface area contributed by atoms with E-state index in [2.05, 4.69) is 42.2 Å². The number of carbonyl (C=O) groups excluding carboxylic acids is 1. The minimum atomic E-state index is -0.0958. The van der Waals surface area contributed by atoms with E-state index >= 15 is 0 Å². The van der Waals surface area contributed by atoms with Crippen molar-refractivity contribution in [2.45, 2.75) is 6.92 Å². The summed E-state index contributed by atoms with van der Waals surface area (Å²) in [5, 5.41) is 2.69. The highest BCUT2D eigenvalue weighted by molar-refractivity contribution is 9.13. The molecule has 1 aromatic heterocycles. The molecule has 0 radical (unpaired) electrons. The van der Waals surface area contributed by atoms with Gasteiger partial charge in [-0.15, -0.1) is 0 Å². The van der Waals surface area contributed by atoms with Crippen LogP contribution in [0.15, 0.2) is 48.9 Å².